The average Bonchev–Trinajstić information content (AvgIpc) is 3.21. The first-order valence-electron chi connectivity index (χ1n) is 12.8. The molecule has 2 aromatic carbocycles. The number of nitrogens with one attached hydrogen (secondary N) is 1. The predicted octanol–water partition coefficient (Wildman–Crippen LogP) is 4.21. The summed E-state index contributed by atoms with van der Waals surface area (Å²) in [5, 5.41) is 15.0. The van der Waals surface area contributed by atoms with E-state index >= 15 is 0 Å². The number of likely N-dealkylation sites (N-methyl/N-ethyl adjacent to an activating group) is 2. The monoisotopic (exact) mass is 546 g/mol. The Bertz CT molecular complexity index is 1620. The van der Waals surface area contributed by atoms with Crippen LogP contribution in [0.5, 0.6) is 5.75 Å². The largest absolute Gasteiger partial charge is 0.494 e. The number of allylic oxidation sites excluding steroid dienone is 2. The molecule has 2 aromatic heterocycles. The summed E-state index contributed by atoms with van der Waals surface area (Å²) in [5.41, 5.74) is 3.03. The minimum atomic E-state index is -0.426. The van der Waals surface area contributed by atoms with Crippen LogP contribution in [-0.2, 0) is 6.54 Å². The first kappa shape index (κ1) is 28.3. The standard InChI is InChI=1S/C28H34N8O4/c1-19(2)12-14-34-21-9-7-8-10-22(21)35(28(34)37)26-11-13-29-27(31-26)30-20-17-24(36(38)39)23(18-25(20)40-6)33(5)16-15-32(3)4/h7-13,17-18H,14-16H2,1-6H3,(H,29,30,31). The number of imidazole rings is 1. The van der Waals surface area contributed by atoms with E-state index in [-0.39, 0.29) is 17.3 Å². The molecule has 0 bridgehead atoms. The van der Waals surface area contributed by atoms with E-state index < -0.39 is 4.92 Å². The first-order chi connectivity index (χ1) is 19.1. The van der Waals surface area contributed by atoms with E-state index in [4.69, 9.17) is 4.74 Å². The molecule has 0 amide bonds. The molecule has 0 saturated carbocycles. The maximum atomic E-state index is 13.5. The van der Waals surface area contributed by atoms with E-state index in [2.05, 4.69) is 15.3 Å². The van der Waals surface area contributed by atoms with Crippen molar-refractivity contribution < 1.29 is 9.66 Å². The van der Waals surface area contributed by atoms with Crippen LogP contribution < -0.4 is 20.6 Å². The Morgan fingerprint density at radius 1 is 1.12 bits per heavy atom. The lowest BCUT2D eigenvalue weighted by molar-refractivity contribution is -0.384. The summed E-state index contributed by atoms with van der Waals surface area (Å²) in [7, 11) is 7.18. The third-order valence-electron chi connectivity index (χ3n) is 6.42. The van der Waals surface area contributed by atoms with Crippen molar-refractivity contribution >= 4 is 34.0 Å². The van der Waals surface area contributed by atoms with Gasteiger partial charge in [-0.25, -0.2) is 14.3 Å². The van der Waals surface area contributed by atoms with E-state index in [1.54, 1.807) is 23.7 Å². The van der Waals surface area contributed by atoms with Crippen molar-refractivity contribution in [2.75, 3.05) is 51.6 Å². The zero-order chi connectivity index (χ0) is 29.0. The van der Waals surface area contributed by atoms with Crippen LogP contribution in [0, 0.1) is 10.1 Å². The molecule has 0 unspecified atom stereocenters. The molecular weight excluding hydrogens is 512 g/mol. The van der Waals surface area contributed by atoms with Gasteiger partial charge in [-0.3, -0.25) is 14.7 Å². The first-order valence-corrected chi connectivity index (χ1v) is 12.8. The SMILES string of the molecule is COc1cc(N(C)CCN(C)C)c([N+](=O)[O-])cc1Nc1nccc(-n2c(=O)n(CC=C(C)C)c3ccccc32)n1. The van der Waals surface area contributed by atoms with E-state index in [0.717, 1.165) is 17.6 Å². The van der Waals surface area contributed by atoms with E-state index in [9.17, 15) is 14.9 Å². The quantitative estimate of drug-likeness (QED) is 0.167. The molecule has 12 nitrogen and oxygen atoms in total. The molecule has 0 radical (unpaired) electrons. The molecule has 0 aliphatic carbocycles. The van der Waals surface area contributed by atoms with Crippen LogP contribution in [0.4, 0.5) is 23.0 Å². The molecule has 0 saturated heterocycles. The maximum Gasteiger partial charge on any atom is 0.335 e. The number of benzene rings is 2. The molecule has 0 atom stereocenters. The van der Waals surface area contributed by atoms with Gasteiger partial charge in [0, 0.05) is 51.1 Å². The fraction of sp³-hybridized carbons (Fsp3) is 0.321. The van der Waals surface area contributed by atoms with E-state index in [0.29, 0.717) is 41.5 Å². The van der Waals surface area contributed by atoms with E-state index in [1.807, 2.05) is 68.1 Å². The Morgan fingerprint density at radius 3 is 2.50 bits per heavy atom. The molecule has 40 heavy (non-hydrogen) atoms. The zero-order valence-corrected chi connectivity index (χ0v) is 23.6. The highest BCUT2D eigenvalue weighted by molar-refractivity contribution is 5.79. The van der Waals surface area contributed by atoms with Gasteiger partial charge in [0.2, 0.25) is 5.95 Å². The van der Waals surface area contributed by atoms with Gasteiger partial charge < -0.3 is 19.9 Å². The molecule has 0 fully saturated rings. The Balaban J connectivity index is 1.74. The van der Waals surface area contributed by atoms with Crippen LogP contribution >= 0.6 is 0 Å². The Kier molecular flexibility index (Phi) is 8.49. The van der Waals surface area contributed by atoms with Crippen molar-refractivity contribution in [1.29, 1.82) is 0 Å². The van der Waals surface area contributed by atoms with Gasteiger partial charge in [-0.1, -0.05) is 23.8 Å². The van der Waals surface area contributed by atoms with Gasteiger partial charge in [0.1, 0.15) is 17.3 Å². The number of hydrogen-bond donors (Lipinski definition) is 1. The second-order valence-electron chi connectivity index (χ2n) is 9.89. The van der Waals surface area contributed by atoms with Crippen molar-refractivity contribution in [3.05, 3.63) is 80.9 Å². The Labute approximate surface area is 232 Å². The van der Waals surface area contributed by atoms with Crippen molar-refractivity contribution in [2.24, 2.45) is 0 Å². The smallest absolute Gasteiger partial charge is 0.335 e. The van der Waals surface area contributed by atoms with Crippen LogP contribution in [0.1, 0.15) is 13.8 Å². The lowest BCUT2D eigenvalue weighted by Gasteiger charge is -2.22. The average molecular weight is 547 g/mol. The number of ether oxygens (including phenoxy) is 1. The molecule has 0 aliphatic heterocycles. The number of nitrogens with zero attached hydrogens (tertiary/aromatic N) is 7. The number of anilines is 3. The molecular formula is C28H34N8O4. The summed E-state index contributed by atoms with van der Waals surface area (Å²) in [6.07, 6.45) is 3.52. The van der Waals surface area contributed by atoms with Gasteiger partial charge in [0.05, 0.1) is 28.8 Å². The van der Waals surface area contributed by atoms with Crippen LogP contribution in [0.15, 0.2) is 65.1 Å². The zero-order valence-electron chi connectivity index (χ0n) is 23.6. The van der Waals surface area contributed by atoms with E-state index in [1.165, 1.54) is 23.9 Å². The molecule has 1 N–H and O–H groups in total. The van der Waals surface area contributed by atoms with Crippen molar-refractivity contribution in [1.82, 2.24) is 24.0 Å². The highest BCUT2D eigenvalue weighted by Gasteiger charge is 2.23. The van der Waals surface area contributed by atoms with Crippen molar-refractivity contribution in [2.45, 2.75) is 20.4 Å². The number of fused-ring (bicyclic) bond motifs is 1. The fourth-order valence-electron chi connectivity index (χ4n) is 4.28. The Hall–Kier alpha value is -4.71. The van der Waals surface area contributed by atoms with Crippen LogP contribution in [0.25, 0.3) is 16.9 Å². The molecule has 0 spiro atoms. The number of para-hydroxylation sites is 2. The fourth-order valence-corrected chi connectivity index (χ4v) is 4.28. The van der Waals surface area contributed by atoms with Gasteiger partial charge in [-0.2, -0.15) is 4.98 Å². The third kappa shape index (κ3) is 5.96. The third-order valence-corrected chi connectivity index (χ3v) is 6.42. The molecule has 0 aliphatic rings. The van der Waals surface area contributed by atoms with Gasteiger partial charge in [-0.05, 0) is 40.1 Å². The summed E-state index contributed by atoms with van der Waals surface area (Å²) < 4.78 is 8.79. The molecule has 4 aromatic rings. The Morgan fingerprint density at radius 2 is 1.85 bits per heavy atom. The van der Waals surface area contributed by atoms with Gasteiger partial charge in [0.15, 0.2) is 0 Å². The number of hydrogen-bond acceptors (Lipinski definition) is 9. The normalized spacial score (nSPS) is 11.1. The highest BCUT2D eigenvalue weighted by Crippen LogP contribution is 2.38. The number of methoxy groups -OCH3 is 1. The molecule has 12 heteroatoms. The summed E-state index contributed by atoms with van der Waals surface area (Å²) >= 11 is 0. The summed E-state index contributed by atoms with van der Waals surface area (Å²) in [4.78, 5) is 37.8. The van der Waals surface area contributed by atoms with Gasteiger partial charge >= 0.3 is 5.69 Å². The number of nitro benzene ring substituents is 1. The lowest BCUT2D eigenvalue weighted by Crippen LogP contribution is -2.29. The predicted molar refractivity (Wildman–Crippen MR) is 157 cm³/mol. The number of rotatable bonds is 11. The minimum Gasteiger partial charge on any atom is -0.494 e. The highest BCUT2D eigenvalue weighted by atomic mass is 16.6. The lowest BCUT2D eigenvalue weighted by atomic mass is 10.2. The molecule has 210 valence electrons. The second kappa shape index (κ2) is 12.0. The van der Waals surface area contributed by atoms with Crippen LogP contribution in [0.3, 0.4) is 0 Å². The molecule has 4 rings (SSSR count). The minimum absolute atomic E-state index is 0.0840. The van der Waals surface area contributed by atoms with Gasteiger partial charge in [0.25, 0.3) is 5.69 Å². The number of aromatic nitrogens is 4. The topological polar surface area (TPSA) is 124 Å². The van der Waals surface area contributed by atoms with Crippen molar-refractivity contribution in [3.8, 4) is 11.6 Å². The van der Waals surface area contributed by atoms with Gasteiger partial charge in [-0.15, -0.1) is 0 Å². The van der Waals surface area contributed by atoms with Crippen LogP contribution in [-0.4, -0.2) is 70.3 Å². The second-order valence-corrected chi connectivity index (χ2v) is 9.89. The number of nitro groups is 1. The summed E-state index contributed by atoms with van der Waals surface area (Å²) in [5.74, 6) is 0.914. The maximum absolute atomic E-state index is 13.5. The summed E-state index contributed by atoms with van der Waals surface area (Å²) in [6.45, 7) is 5.71. The molecule has 2 heterocycles. The van der Waals surface area contributed by atoms with Crippen molar-refractivity contribution in [3.63, 3.8) is 0 Å². The summed E-state index contributed by atoms with van der Waals surface area (Å²) in [6, 6.07) is 12.2. The van der Waals surface area contributed by atoms with Crippen LogP contribution in [0.2, 0.25) is 0 Å².